The van der Waals surface area contributed by atoms with Gasteiger partial charge >= 0.3 is 0 Å². The van der Waals surface area contributed by atoms with Crippen LogP contribution in [0.3, 0.4) is 0 Å². The van der Waals surface area contributed by atoms with Gasteiger partial charge in [-0.3, -0.25) is 14.4 Å². The van der Waals surface area contributed by atoms with Gasteiger partial charge < -0.3 is 21.3 Å². The van der Waals surface area contributed by atoms with Gasteiger partial charge in [-0.15, -0.1) is 0 Å². The summed E-state index contributed by atoms with van der Waals surface area (Å²) in [5.74, 6) is -0.403. The smallest absolute Gasteiger partial charge is 0.251 e. The molecule has 4 N–H and O–H groups in total. The molecule has 160 valence electrons. The molecule has 0 spiro atoms. The monoisotopic (exact) mass is 410 g/mol. The van der Waals surface area contributed by atoms with E-state index in [1.807, 2.05) is 20.8 Å². The van der Waals surface area contributed by atoms with Gasteiger partial charge in [0.05, 0.1) is 6.54 Å². The van der Waals surface area contributed by atoms with Crippen molar-refractivity contribution in [1.82, 2.24) is 5.32 Å². The molecule has 1 unspecified atom stereocenters. The van der Waals surface area contributed by atoms with E-state index in [0.29, 0.717) is 23.4 Å². The van der Waals surface area contributed by atoms with Crippen LogP contribution in [0.4, 0.5) is 17.1 Å². The van der Waals surface area contributed by atoms with Gasteiger partial charge in [0.2, 0.25) is 11.8 Å². The minimum atomic E-state index is -0.212. The third-order valence-electron chi connectivity index (χ3n) is 4.79. The standard InChI is InChI=1S/C23H30N4O3/c1-5-15(3)25-23(30)17-10-12-18(13-11-17)24-14-22(29)27-20-9-7-8-19(16(20)4)26-21(28)6-2/h7-13,15,24H,5-6,14H2,1-4H3,(H,25,30)(H,26,28)(H,27,29). The lowest BCUT2D eigenvalue weighted by molar-refractivity contribution is -0.116. The van der Waals surface area contributed by atoms with Crippen LogP contribution >= 0.6 is 0 Å². The number of benzene rings is 2. The highest BCUT2D eigenvalue weighted by Gasteiger charge is 2.10. The highest BCUT2D eigenvalue weighted by molar-refractivity contribution is 5.97. The van der Waals surface area contributed by atoms with E-state index >= 15 is 0 Å². The van der Waals surface area contributed by atoms with E-state index in [-0.39, 0.29) is 30.3 Å². The third-order valence-corrected chi connectivity index (χ3v) is 4.79. The molecule has 0 heterocycles. The first-order valence-electron chi connectivity index (χ1n) is 10.2. The zero-order chi connectivity index (χ0) is 22.1. The minimum absolute atomic E-state index is 0.0728. The Morgan fingerprint density at radius 2 is 1.50 bits per heavy atom. The number of hydrogen-bond donors (Lipinski definition) is 4. The largest absolute Gasteiger partial charge is 0.376 e. The number of rotatable bonds is 9. The molecule has 0 aliphatic heterocycles. The van der Waals surface area contributed by atoms with Gasteiger partial charge in [0.15, 0.2) is 0 Å². The van der Waals surface area contributed by atoms with E-state index in [2.05, 4.69) is 21.3 Å². The summed E-state index contributed by atoms with van der Waals surface area (Å²) in [6, 6.07) is 12.5. The SMILES string of the molecule is CCC(=O)Nc1cccc(NC(=O)CNc2ccc(C(=O)NC(C)CC)cc2)c1C. The van der Waals surface area contributed by atoms with Crippen LogP contribution in [-0.4, -0.2) is 30.3 Å². The Labute approximate surface area is 177 Å². The molecule has 2 aromatic rings. The van der Waals surface area contributed by atoms with Crippen molar-refractivity contribution in [3.05, 3.63) is 53.6 Å². The van der Waals surface area contributed by atoms with E-state index < -0.39 is 0 Å². The third kappa shape index (κ3) is 6.62. The maximum Gasteiger partial charge on any atom is 0.251 e. The summed E-state index contributed by atoms with van der Waals surface area (Å²) >= 11 is 0. The first kappa shape index (κ1) is 22.9. The maximum atomic E-state index is 12.3. The van der Waals surface area contributed by atoms with Crippen molar-refractivity contribution in [1.29, 1.82) is 0 Å². The molecule has 3 amide bonds. The summed E-state index contributed by atoms with van der Waals surface area (Å²) in [5.41, 5.74) is 3.44. The summed E-state index contributed by atoms with van der Waals surface area (Å²) in [7, 11) is 0. The Morgan fingerprint density at radius 3 is 2.07 bits per heavy atom. The van der Waals surface area contributed by atoms with Crippen LogP contribution < -0.4 is 21.3 Å². The summed E-state index contributed by atoms with van der Waals surface area (Å²) in [4.78, 5) is 36.1. The van der Waals surface area contributed by atoms with E-state index in [1.54, 1.807) is 49.4 Å². The molecule has 7 nitrogen and oxygen atoms in total. The highest BCUT2D eigenvalue weighted by atomic mass is 16.2. The average molecular weight is 411 g/mol. The number of carbonyl (C=O) groups excluding carboxylic acids is 3. The summed E-state index contributed by atoms with van der Waals surface area (Å²) < 4.78 is 0. The van der Waals surface area contributed by atoms with Gasteiger partial charge in [0, 0.05) is 35.1 Å². The van der Waals surface area contributed by atoms with Gasteiger partial charge in [0.25, 0.3) is 5.91 Å². The molecule has 30 heavy (non-hydrogen) atoms. The number of amides is 3. The number of carbonyl (C=O) groups is 3. The van der Waals surface area contributed by atoms with Crippen molar-refractivity contribution in [2.75, 3.05) is 22.5 Å². The maximum absolute atomic E-state index is 12.3. The Hall–Kier alpha value is -3.35. The fraction of sp³-hybridized carbons (Fsp3) is 0.348. The second-order valence-electron chi connectivity index (χ2n) is 7.14. The van der Waals surface area contributed by atoms with Gasteiger partial charge in [-0.25, -0.2) is 0 Å². The van der Waals surface area contributed by atoms with Crippen molar-refractivity contribution in [2.45, 2.75) is 46.6 Å². The molecular weight excluding hydrogens is 380 g/mol. The summed E-state index contributed by atoms with van der Waals surface area (Å²) in [6.45, 7) is 7.68. The van der Waals surface area contributed by atoms with Gasteiger partial charge in [0.1, 0.15) is 0 Å². The first-order chi connectivity index (χ1) is 14.3. The molecule has 7 heteroatoms. The van der Waals surface area contributed by atoms with Gasteiger partial charge in [-0.05, 0) is 62.2 Å². The molecule has 0 aliphatic rings. The van der Waals surface area contributed by atoms with Crippen molar-refractivity contribution in [2.24, 2.45) is 0 Å². The van der Waals surface area contributed by atoms with Crippen molar-refractivity contribution >= 4 is 34.8 Å². The van der Waals surface area contributed by atoms with Crippen molar-refractivity contribution in [3.63, 3.8) is 0 Å². The van der Waals surface area contributed by atoms with Gasteiger partial charge in [-0.2, -0.15) is 0 Å². The lowest BCUT2D eigenvalue weighted by Gasteiger charge is -2.14. The van der Waals surface area contributed by atoms with Crippen LogP contribution in [0, 0.1) is 6.92 Å². The molecule has 0 radical (unpaired) electrons. The molecule has 0 saturated carbocycles. The van der Waals surface area contributed by atoms with E-state index in [1.165, 1.54) is 0 Å². The van der Waals surface area contributed by atoms with Crippen molar-refractivity contribution < 1.29 is 14.4 Å². The fourth-order valence-electron chi connectivity index (χ4n) is 2.67. The molecule has 0 fully saturated rings. The van der Waals surface area contributed by atoms with Gasteiger partial charge in [-0.1, -0.05) is 19.9 Å². The molecule has 0 aromatic heterocycles. The second-order valence-corrected chi connectivity index (χ2v) is 7.14. The number of hydrogen-bond acceptors (Lipinski definition) is 4. The highest BCUT2D eigenvalue weighted by Crippen LogP contribution is 2.23. The van der Waals surface area contributed by atoms with Crippen molar-refractivity contribution in [3.8, 4) is 0 Å². The molecule has 0 bridgehead atoms. The minimum Gasteiger partial charge on any atom is -0.376 e. The molecule has 2 aromatic carbocycles. The molecule has 0 saturated heterocycles. The zero-order valence-electron chi connectivity index (χ0n) is 18.0. The fourth-order valence-corrected chi connectivity index (χ4v) is 2.67. The van der Waals surface area contributed by atoms with Crippen LogP contribution in [0.15, 0.2) is 42.5 Å². The van der Waals surface area contributed by atoms with Crippen LogP contribution in [0.5, 0.6) is 0 Å². The Balaban J connectivity index is 1.91. The number of anilines is 3. The number of nitrogens with one attached hydrogen (secondary N) is 4. The van der Waals surface area contributed by atoms with E-state index in [0.717, 1.165) is 17.7 Å². The quantitative estimate of drug-likeness (QED) is 0.503. The Bertz CT molecular complexity index is 894. The zero-order valence-corrected chi connectivity index (χ0v) is 18.0. The Morgan fingerprint density at radius 1 is 0.900 bits per heavy atom. The predicted octanol–water partition coefficient (Wildman–Crippen LogP) is 3.92. The molecule has 2 rings (SSSR count). The summed E-state index contributed by atoms with van der Waals surface area (Å²) in [5, 5.41) is 11.6. The van der Waals surface area contributed by atoms with Crippen LogP contribution in [-0.2, 0) is 9.59 Å². The van der Waals surface area contributed by atoms with E-state index in [9.17, 15) is 14.4 Å². The van der Waals surface area contributed by atoms with Crippen LogP contribution in [0.2, 0.25) is 0 Å². The first-order valence-corrected chi connectivity index (χ1v) is 10.2. The topological polar surface area (TPSA) is 99.3 Å². The summed E-state index contributed by atoms with van der Waals surface area (Å²) in [6.07, 6.45) is 1.26. The lowest BCUT2D eigenvalue weighted by atomic mass is 10.1. The van der Waals surface area contributed by atoms with Crippen LogP contribution in [0.1, 0.15) is 49.5 Å². The van der Waals surface area contributed by atoms with Crippen LogP contribution in [0.25, 0.3) is 0 Å². The second kappa shape index (κ2) is 11.0. The Kier molecular flexibility index (Phi) is 8.41. The predicted molar refractivity (Wildman–Crippen MR) is 121 cm³/mol. The normalized spacial score (nSPS) is 11.3. The molecule has 0 aliphatic carbocycles. The molecule has 1 atom stereocenters. The lowest BCUT2D eigenvalue weighted by Crippen LogP contribution is -2.31. The molecular formula is C23H30N4O3. The average Bonchev–Trinajstić information content (AvgIpc) is 2.75. The van der Waals surface area contributed by atoms with E-state index in [4.69, 9.17) is 0 Å².